The van der Waals surface area contributed by atoms with Crippen molar-refractivity contribution < 1.29 is 4.79 Å². The Kier molecular flexibility index (Phi) is 3.72. The van der Waals surface area contributed by atoms with Crippen molar-refractivity contribution in [3.8, 4) is 0 Å². The zero-order valence-corrected chi connectivity index (χ0v) is 10.8. The molecular formula is C12H18ClN3O. The number of rotatable bonds is 3. The van der Waals surface area contributed by atoms with Crippen LogP contribution in [0.2, 0.25) is 0 Å². The summed E-state index contributed by atoms with van der Waals surface area (Å²) in [6.07, 6.45) is 7.02. The van der Waals surface area contributed by atoms with Crippen LogP contribution in [0, 0.1) is 6.92 Å². The third-order valence-electron chi connectivity index (χ3n) is 3.52. The van der Waals surface area contributed by atoms with Gasteiger partial charge >= 0.3 is 0 Å². The highest BCUT2D eigenvalue weighted by Crippen LogP contribution is 2.29. The van der Waals surface area contributed by atoms with Crippen molar-refractivity contribution in [1.82, 2.24) is 15.5 Å². The predicted molar refractivity (Wildman–Crippen MR) is 67.3 cm³/mol. The Hall–Kier alpha value is -1.03. The Morgan fingerprint density at radius 1 is 1.53 bits per heavy atom. The lowest BCUT2D eigenvalue weighted by Gasteiger charge is -2.36. The Bertz CT molecular complexity index is 396. The number of hydrogen-bond donors (Lipinski definition) is 2. The summed E-state index contributed by atoms with van der Waals surface area (Å²) in [5.41, 5.74) is 1.18. The van der Waals surface area contributed by atoms with Crippen molar-refractivity contribution in [3.63, 3.8) is 0 Å². The number of aromatic amines is 1. The van der Waals surface area contributed by atoms with Gasteiger partial charge in [0.1, 0.15) is 0 Å². The van der Waals surface area contributed by atoms with E-state index in [2.05, 4.69) is 15.5 Å². The highest BCUT2D eigenvalue weighted by molar-refractivity contribution is 6.19. The van der Waals surface area contributed by atoms with Crippen molar-refractivity contribution in [2.75, 3.05) is 5.88 Å². The van der Waals surface area contributed by atoms with Crippen LogP contribution in [-0.4, -0.2) is 27.5 Å². The minimum Gasteiger partial charge on any atom is -0.345 e. The third kappa shape index (κ3) is 2.63. The van der Waals surface area contributed by atoms with E-state index in [1.807, 2.05) is 6.92 Å². The average molecular weight is 256 g/mol. The fraction of sp³-hybridized carbons (Fsp3) is 0.667. The lowest BCUT2D eigenvalue weighted by molar-refractivity contribution is 0.0884. The van der Waals surface area contributed by atoms with Crippen LogP contribution in [0.5, 0.6) is 0 Å². The summed E-state index contributed by atoms with van der Waals surface area (Å²) in [4.78, 5) is 12.1. The van der Waals surface area contributed by atoms with Crippen LogP contribution < -0.4 is 5.32 Å². The summed E-state index contributed by atoms with van der Waals surface area (Å²) < 4.78 is 0. The largest absolute Gasteiger partial charge is 0.345 e. The molecule has 0 aliphatic heterocycles. The van der Waals surface area contributed by atoms with Gasteiger partial charge in [0.15, 0.2) is 0 Å². The summed E-state index contributed by atoms with van der Waals surface area (Å²) in [6.45, 7) is 1.84. The van der Waals surface area contributed by atoms with E-state index < -0.39 is 0 Å². The topological polar surface area (TPSA) is 57.8 Å². The molecule has 1 aliphatic carbocycles. The average Bonchev–Trinajstić information content (AvgIpc) is 2.77. The fourth-order valence-electron chi connectivity index (χ4n) is 2.41. The number of alkyl halides is 1. The summed E-state index contributed by atoms with van der Waals surface area (Å²) in [5.74, 6) is 0.411. The highest BCUT2D eigenvalue weighted by atomic mass is 35.5. The maximum Gasteiger partial charge on any atom is 0.255 e. The van der Waals surface area contributed by atoms with Gasteiger partial charge in [0.05, 0.1) is 17.3 Å². The van der Waals surface area contributed by atoms with E-state index in [1.54, 1.807) is 6.20 Å². The quantitative estimate of drug-likeness (QED) is 0.815. The SMILES string of the molecule is Cc1[nH]ncc1C(=O)NC1(CCl)CCCCC1. The van der Waals surface area contributed by atoms with Gasteiger partial charge in [0, 0.05) is 11.6 Å². The van der Waals surface area contributed by atoms with Crippen molar-refractivity contribution in [2.24, 2.45) is 0 Å². The van der Waals surface area contributed by atoms with Crippen LogP contribution in [-0.2, 0) is 0 Å². The minimum absolute atomic E-state index is 0.0706. The van der Waals surface area contributed by atoms with E-state index in [0.29, 0.717) is 11.4 Å². The molecule has 5 heteroatoms. The Morgan fingerprint density at radius 3 is 2.76 bits per heavy atom. The van der Waals surface area contributed by atoms with Gasteiger partial charge in [-0.3, -0.25) is 9.89 Å². The predicted octanol–water partition coefficient (Wildman–Crippen LogP) is 2.39. The van der Waals surface area contributed by atoms with Crippen molar-refractivity contribution in [1.29, 1.82) is 0 Å². The molecule has 94 valence electrons. The maximum absolute atomic E-state index is 12.1. The van der Waals surface area contributed by atoms with Crippen molar-refractivity contribution >= 4 is 17.5 Å². The number of nitrogens with zero attached hydrogens (tertiary/aromatic N) is 1. The number of H-pyrrole nitrogens is 1. The maximum atomic E-state index is 12.1. The first-order valence-electron chi connectivity index (χ1n) is 6.05. The van der Waals surface area contributed by atoms with Crippen molar-refractivity contribution in [2.45, 2.75) is 44.6 Å². The van der Waals surface area contributed by atoms with Gasteiger partial charge in [0.25, 0.3) is 5.91 Å². The smallest absolute Gasteiger partial charge is 0.255 e. The molecule has 0 atom stereocenters. The van der Waals surface area contributed by atoms with Gasteiger partial charge in [-0.1, -0.05) is 19.3 Å². The first kappa shape index (κ1) is 12.4. The number of nitrogens with one attached hydrogen (secondary N) is 2. The molecule has 0 radical (unpaired) electrons. The molecular weight excluding hydrogens is 238 g/mol. The minimum atomic E-state index is -0.222. The van der Waals surface area contributed by atoms with Gasteiger partial charge in [-0.25, -0.2) is 0 Å². The van der Waals surface area contributed by atoms with E-state index in [-0.39, 0.29) is 11.4 Å². The monoisotopic (exact) mass is 255 g/mol. The summed E-state index contributed by atoms with van der Waals surface area (Å²) >= 11 is 6.04. The second-order valence-electron chi connectivity index (χ2n) is 4.84. The molecule has 4 nitrogen and oxygen atoms in total. The molecule has 17 heavy (non-hydrogen) atoms. The van der Waals surface area contributed by atoms with Gasteiger partial charge in [-0.05, 0) is 19.8 Å². The first-order chi connectivity index (χ1) is 8.17. The fourth-order valence-corrected chi connectivity index (χ4v) is 2.74. The molecule has 1 fully saturated rings. The highest BCUT2D eigenvalue weighted by Gasteiger charge is 2.33. The normalized spacial score (nSPS) is 18.9. The molecule has 1 amide bonds. The standard InChI is InChI=1S/C12H18ClN3O/c1-9-10(7-14-16-9)11(17)15-12(8-13)5-3-2-4-6-12/h7H,2-6,8H2,1H3,(H,14,16)(H,15,17). The molecule has 1 heterocycles. The van der Waals surface area contributed by atoms with E-state index in [0.717, 1.165) is 31.4 Å². The second-order valence-corrected chi connectivity index (χ2v) is 5.10. The Balaban J connectivity index is 2.08. The van der Waals surface area contributed by atoms with Crippen LogP contribution >= 0.6 is 11.6 Å². The Morgan fingerprint density at radius 2 is 2.24 bits per heavy atom. The zero-order chi connectivity index (χ0) is 12.3. The van der Waals surface area contributed by atoms with Crippen LogP contribution in [0.4, 0.5) is 0 Å². The lowest BCUT2D eigenvalue weighted by atomic mass is 9.83. The van der Waals surface area contributed by atoms with Crippen LogP contribution in [0.1, 0.15) is 48.2 Å². The van der Waals surface area contributed by atoms with Gasteiger partial charge in [-0.15, -0.1) is 11.6 Å². The summed E-state index contributed by atoms with van der Waals surface area (Å²) in [5, 5.41) is 9.73. The molecule has 1 saturated carbocycles. The van der Waals surface area contributed by atoms with Crippen molar-refractivity contribution in [3.05, 3.63) is 17.5 Å². The second kappa shape index (κ2) is 5.08. The summed E-state index contributed by atoms with van der Waals surface area (Å²) in [6, 6.07) is 0. The molecule has 0 aromatic carbocycles. The zero-order valence-electron chi connectivity index (χ0n) is 10.1. The van der Waals surface area contributed by atoms with Crippen LogP contribution in [0.25, 0.3) is 0 Å². The van der Waals surface area contributed by atoms with Gasteiger partial charge < -0.3 is 5.32 Å². The summed E-state index contributed by atoms with van der Waals surface area (Å²) in [7, 11) is 0. The van der Waals surface area contributed by atoms with Gasteiger partial charge in [0.2, 0.25) is 0 Å². The number of carbonyl (C=O) groups excluding carboxylic acids is 1. The third-order valence-corrected chi connectivity index (χ3v) is 4.03. The molecule has 0 bridgehead atoms. The number of carbonyl (C=O) groups is 1. The van der Waals surface area contributed by atoms with Crippen LogP contribution in [0.15, 0.2) is 6.20 Å². The molecule has 1 aromatic heterocycles. The molecule has 1 aliphatic rings. The number of aryl methyl sites for hydroxylation is 1. The number of hydrogen-bond acceptors (Lipinski definition) is 2. The van der Waals surface area contributed by atoms with E-state index in [9.17, 15) is 4.79 Å². The molecule has 0 saturated heterocycles. The molecule has 1 aromatic rings. The number of halogens is 1. The molecule has 2 rings (SSSR count). The molecule has 0 spiro atoms. The van der Waals surface area contributed by atoms with Gasteiger partial charge in [-0.2, -0.15) is 5.10 Å². The van der Waals surface area contributed by atoms with Crippen LogP contribution in [0.3, 0.4) is 0 Å². The molecule has 0 unspecified atom stereocenters. The molecule has 2 N–H and O–H groups in total. The van der Waals surface area contributed by atoms with E-state index in [1.165, 1.54) is 6.42 Å². The number of aromatic nitrogens is 2. The first-order valence-corrected chi connectivity index (χ1v) is 6.59. The van der Waals surface area contributed by atoms with E-state index >= 15 is 0 Å². The number of amides is 1. The Labute approximate surface area is 106 Å². The lowest BCUT2D eigenvalue weighted by Crippen LogP contribution is -2.51. The van der Waals surface area contributed by atoms with E-state index in [4.69, 9.17) is 11.6 Å².